The Hall–Kier alpha value is -3.33. The molecule has 4 aromatic rings. The minimum atomic E-state index is -5.01. The van der Waals surface area contributed by atoms with Crippen LogP contribution in [-0.2, 0) is 30.4 Å². The number of azo groups is 2. The number of nitrogens with zero attached hydrogens (tertiary/aromatic N) is 4. The molecule has 0 bridgehead atoms. The van der Waals surface area contributed by atoms with Crippen LogP contribution < -0.4 is 35.3 Å². The molecule has 0 fully saturated rings. The molecule has 41 heavy (non-hydrogen) atoms. The van der Waals surface area contributed by atoms with Crippen LogP contribution >= 0.6 is 0 Å². The Morgan fingerprint density at radius 2 is 1.02 bits per heavy atom. The molecule has 15 nitrogen and oxygen atoms in total. The summed E-state index contributed by atoms with van der Waals surface area (Å²) < 4.78 is 97.2. The van der Waals surface area contributed by atoms with E-state index in [4.69, 9.17) is 10.3 Å². The summed E-state index contributed by atoms with van der Waals surface area (Å²) in [5, 5.41) is 25.8. The molecule has 4 rings (SSSR count). The summed E-state index contributed by atoms with van der Waals surface area (Å²) in [6.07, 6.45) is 0. The third-order valence-corrected chi connectivity index (χ3v) is 7.83. The minimum absolute atomic E-state index is 0. The summed E-state index contributed by atoms with van der Waals surface area (Å²) in [5.74, 6) is -0.821. The topological polar surface area (TPSA) is 259 Å². The number of aromatic hydroxyl groups is 1. The molecule has 0 aliphatic carbocycles. The maximum Gasteiger partial charge on any atom is 1.00 e. The van der Waals surface area contributed by atoms with Gasteiger partial charge in [0.05, 0.1) is 26.9 Å². The number of phenolic OH excluding ortho intramolecular Hbond substituents is 1. The molecule has 0 aromatic heterocycles. The van der Waals surface area contributed by atoms with Gasteiger partial charge in [-0.1, -0.05) is 0 Å². The second kappa shape index (κ2) is 11.9. The van der Waals surface area contributed by atoms with Gasteiger partial charge in [0.1, 0.15) is 10.6 Å². The van der Waals surface area contributed by atoms with E-state index in [1.54, 1.807) is 0 Å². The van der Waals surface area contributed by atoms with Gasteiger partial charge >= 0.3 is 29.6 Å². The van der Waals surface area contributed by atoms with E-state index in [-0.39, 0.29) is 56.6 Å². The Morgan fingerprint density at radius 1 is 0.585 bits per heavy atom. The van der Waals surface area contributed by atoms with E-state index in [1.165, 1.54) is 36.4 Å². The van der Waals surface area contributed by atoms with Gasteiger partial charge in [-0.05, 0) is 72.1 Å². The number of phenols is 1. The molecular formula is C22H17N5NaO10S3+. The molecule has 0 radical (unpaired) electrons. The summed E-state index contributed by atoms with van der Waals surface area (Å²) in [4.78, 5) is -1.88. The molecule has 0 spiro atoms. The fourth-order valence-electron chi connectivity index (χ4n) is 3.43. The first-order valence-corrected chi connectivity index (χ1v) is 14.9. The van der Waals surface area contributed by atoms with Crippen LogP contribution in [0.5, 0.6) is 5.75 Å². The van der Waals surface area contributed by atoms with Crippen molar-refractivity contribution in [2.24, 2.45) is 20.5 Å². The third kappa shape index (κ3) is 7.50. The van der Waals surface area contributed by atoms with E-state index in [0.29, 0.717) is 11.4 Å². The van der Waals surface area contributed by atoms with E-state index in [0.717, 1.165) is 30.3 Å². The molecule has 4 aromatic carbocycles. The largest absolute Gasteiger partial charge is 1.00 e. The van der Waals surface area contributed by atoms with Crippen LogP contribution in [0, 0.1) is 0 Å². The Balaban J connectivity index is 0.00000462. The zero-order chi connectivity index (χ0) is 29.5. The summed E-state index contributed by atoms with van der Waals surface area (Å²) in [6, 6.07) is 13.2. The number of rotatable bonds is 7. The van der Waals surface area contributed by atoms with Gasteiger partial charge in [0, 0.05) is 11.1 Å². The van der Waals surface area contributed by atoms with Crippen molar-refractivity contribution in [3.8, 4) is 5.75 Å². The first-order chi connectivity index (χ1) is 18.5. The molecule has 0 saturated carbocycles. The smallest absolute Gasteiger partial charge is 0.505 e. The normalized spacial score (nSPS) is 12.7. The van der Waals surface area contributed by atoms with E-state index < -0.39 is 51.6 Å². The molecule has 0 aliphatic heterocycles. The first-order valence-electron chi connectivity index (χ1n) is 10.6. The Kier molecular flexibility index (Phi) is 9.33. The fraction of sp³-hybridized carbons (Fsp3) is 0. The van der Waals surface area contributed by atoms with Gasteiger partial charge in [0.25, 0.3) is 30.4 Å². The number of hydrogen-bond donors (Lipinski definition) is 5. The van der Waals surface area contributed by atoms with Gasteiger partial charge in [0.15, 0.2) is 5.75 Å². The Bertz CT molecular complexity index is 2030. The standard InChI is InChI=1S/C22H17N5O10S3.Na/c23-18-11-17(39(32,33)34)9-12-10-19(40(35,36)37)21(22(28)20(12)18)27-26-14-3-1-13(2-4-14)24-25-15-5-7-16(8-6-15)38(29,30)31;/h1-11,28H,23H2,(H,29,30,31)(H,32,33,34)(H,35,36,37);/q;+1. The average molecular weight is 631 g/mol. The van der Waals surface area contributed by atoms with Crippen LogP contribution in [0.15, 0.2) is 102 Å². The number of nitrogen functional groups attached to an aromatic ring is 1. The number of fused-ring (bicyclic) bond motifs is 1. The van der Waals surface area contributed by atoms with Crippen LogP contribution in [0.1, 0.15) is 0 Å². The van der Waals surface area contributed by atoms with Crippen molar-refractivity contribution in [2.75, 3.05) is 5.73 Å². The van der Waals surface area contributed by atoms with Crippen LogP contribution in [0.3, 0.4) is 0 Å². The fourth-order valence-corrected chi connectivity index (χ4v) is 5.12. The van der Waals surface area contributed by atoms with Gasteiger partial charge in [-0.15, -0.1) is 5.11 Å². The molecule has 0 saturated heterocycles. The summed E-state index contributed by atoms with van der Waals surface area (Å²) >= 11 is 0. The van der Waals surface area contributed by atoms with Gasteiger partial charge in [-0.25, -0.2) is 0 Å². The summed E-state index contributed by atoms with van der Waals surface area (Å²) in [5.41, 5.74) is 5.61. The summed E-state index contributed by atoms with van der Waals surface area (Å²) in [6.45, 7) is 0. The Labute approximate surface area is 255 Å². The SMILES string of the molecule is Nc1cc(S(=O)(=O)O)cc2cc(S(=O)(=O)O)c(N=Nc3ccc(N=Nc4ccc(S(=O)(=O)O)cc4)cc3)c(O)c12.[Na+]. The molecule has 19 heteroatoms. The van der Waals surface area contributed by atoms with Crippen LogP contribution in [0.4, 0.5) is 28.4 Å². The molecule has 0 aliphatic rings. The molecule has 0 amide bonds. The van der Waals surface area contributed by atoms with E-state index in [2.05, 4.69) is 20.5 Å². The van der Waals surface area contributed by atoms with Crippen LogP contribution in [0.2, 0.25) is 0 Å². The van der Waals surface area contributed by atoms with Crippen LogP contribution in [0.25, 0.3) is 10.8 Å². The van der Waals surface area contributed by atoms with Crippen molar-refractivity contribution in [1.29, 1.82) is 0 Å². The second-order valence-electron chi connectivity index (χ2n) is 8.02. The van der Waals surface area contributed by atoms with Crippen molar-refractivity contribution in [2.45, 2.75) is 14.7 Å². The number of nitrogens with two attached hydrogens (primary N) is 1. The molecular weight excluding hydrogens is 613 g/mol. The average Bonchev–Trinajstić information content (AvgIpc) is 2.85. The van der Waals surface area contributed by atoms with Crippen molar-refractivity contribution in [3.63, 3.8) is 0 Å². The van der Waals surface area contributed by atoms with Crippen molar-refractivity contribution >= 4 is 69.6 Å². The van der Waals surface area contributed by atoms with Crippen LogP contribution in [-0.4, -0.2) is 44.0 Å². The van der Waals surface area contributed by atoms with E-state index in [9.17, 15) is 39.5 Å². The zero-order valence-corrected chi connectivity index (χ0v) is 25.1. The predicted molar refractivity (Wildman–Crippen MR) is 141 cm³/mol. The van der Waals surface area contributed by atoms with Gasteiger partial charge in [0.2, 0.25) is 0 Å². The van der Waals surface area contributed by atoms with Crippen molar-refractivity contribution in [1.82, 2.24) is 0 Å². The Morgan fingerprint density at radius 3 is 1.46 bits per heavy atom. The number of anilines is 1. The zero-order valence-electron chi connectivity index (χ0n) is 20.7. The quantitative estimate of drug-likeness (QED) is 0.0849. The second-order valence-corrected chi connectivity index (χ2v) is 12.3. The minimum Gasteiger partial charge on any atom is -0.505 e. The maximum atomic E-state index is 12.0. The first kappa shape index (κ1) is 32.2. The molecule has 6 N–H and O–H groups in total. The van der Waals surface area contributed by atoms with Gasteiger partial charge in [-0.2, -0.15) is 40.6 Å². The molecule has 0 heterocycles. The number of hydrogen-bond acceptors (Lipinski definition) is 12. The predicted octanol–water partition coefficient (Wildman–Crippen LogP) is 1.70. The maximum absolute atomic E-state index is 12.0. The van der Waals surface area contributed by atoms with E-state index in [1.807, 2.05) is 0 Å². The number of benzene rings is 4. The monoisotopic (exact) mass is 630 g/mol. The van der Waals surface area contributed by atoms with Crippen molar-refractivity contribution in [3.05, 3.63) is 66.7 Å². The molecule has 0 unspecified atom stereocenters. The van der Waals surface area contributed by atoms with Gasteiger partial charge < -0.3 is 10.8 Å². The molecule has 0 atom stereocenters. The molecule has 208 valence electrons. The van der Waals surface area contributed by atoms with E-state index >= 15 is 0 Å². The van der Waals surface area contributed by atoms with Gasteiger partial charge in [-0.3, -0.25) is 13.7 Å². The summed E-state index contributed by atoms with van der Waals surface area (Å²) in [7, 11) is -14.1. The third-order valence-electron chi connectivity index (χ3n) is 5.26. The van der Waals surface area contributed by atoms with Crippen molar-refractivity contribution < 1.29 is 73.6 Å².